The van der Waals surface area contributed by atoms with Crippen LogP contribution in [-0.2, 0) is 6.61 Å². The third-order valence-corrected chi connectivity index (χ3v) is 2.77. The van der Waals surface area contributed by atoms with Gasteiger partial charge in [0.15, 0.2) is 0 Å². The van der Waals surface area contributed by atoms with Gasteiger partial charge in [-0.15, -0.1) is 0 Å². The third kappa shape index (κ3) is 3.43. The number of nitro benzene ring substituents is 1. The molecule has 1 aromatic carbocycles. The first kappa shape index (κ1) is 14.4. The minimum atomic E-state index is -0.438. The summed E-state index contributed by atoms with van der Waals surface area (Å²) in [4.78, 5) is 12.4. The number of aliphatic hydroxyl groups excluding tert-OH is 1. The fourth-order valence-electron chi connectivity index (χ4n) is 2.01. The average molecular weight is 252 g/mol. The van der Waals surface area contributed by atoms with Gasteiger partial charge in [0.2, 0.25) is 0 Å². The van der Waals surface area contributed by atoms with Crippen LogP contribution in [0, 0.1) is 10.1 Å². The molecule has 0 aliphatic rings. The van der Waals surface area contributed by atoms with Crippen molar-refractivity contribution in [2.75, 3.05) is 18.0 Å². The predicted octanol–water partition coefficient (Wildman–Crippen LogP) is 2.71. The smallest absolute Gasteiger partial charge is 0.269 e. The number of aliphatic hydroxyl groups is 1. The van der Waals surface area contributed by atoms with E-state index in [1.165, 1.54) is 12.1 Å². The second kappa shape index (κ2) is 6.96. The molecule has 5 nitrogen and oxygen atoms in total. The maximum absolute atomic E-state index is 10.7. The zero-order valence-electron chi connectivity index (χ0n) is 10.9. The molecule has 100 valence electrons. The predicted molar refractivity (Wildman–Crippen MR) is 71.8 cm³/mol. The van der Waals surface area contributed by atoms with Gasteiger partial charge in [-0.25, -0.2) is 0 Å². The number of hydrogen-bond donors (Lipinski definition) is 1. The largest absolute Gasteiger partial charge is 0.392 e. The first-order chi connectivity index (χ1) is 8.63. The van der Waals surface area contributed by atoms with E-state index in [-0.39, 0.29) is 12.3 Å². The van der Waals surface area contributed by atoms with Crippen molar-refractivity contribution in [2.24, 2.45) is 0 Å². The lowest BCUT2D eigenvalue weighted by Gasteiger charge is -2.25. The molecule has 0 spiro atoms. The summed E-state index contributed by atoms with van der Waals surface area (Å²) in [5, 5.41) is 20.1. The molecule has 0 saturated carbocycles. The second-order valence-electron chi connectivity index (χ2n) is 4.22. The molecule has 0 fully saturated rings. The highest BCUT2D eigenvalue weighted by Crippen LogP contribution is 2.26. The van der Waals surface area contributed by atoms with E-state index in [0.717, 1.165) is 31.6 Å². The van der Waals surface area contributed by atoms with Crippen molar-refractivity contribution in [3.8, 4) is 0 Å². The molecule has 0 atom stereocenters. The minimum absolute atomic E-state index is 0.0238. The lowest BCUT2D eigenvalue weighted by molar-refractivity contribution is -0.384. The third-order valence-electron chi connectivity index (χ3n) is 2.77. The van der Waals surface area contributed by atoms with Crippen LogP contribution in [0.1, 0.15) is 32.3 Å². The van der Waals surface area contributed by atoms with Crippen LogP contribution in [0.3, 0.4) is 0 Å². The fraction of sp³-hybridized carbons (Fsp3) is 0.538. The summed E-state index contributed by atoms with van der Waals surface area (Å²) in [5.74, 6) is 0. The molecule has 0 aliphatic heterocycles. The summed E-state index contributed by atoms with van der Waals surface area (Å²) in [6.07, 6.45) is 2.00. The summed E-state index contributed by atoms with van der Waals surface area (Å²) >= 11 is 0. The Morgan fingerprint density at radius 3 is 2.33 bits per heavy atom. The molecule has 5 heteroatoms. The van der Waals surface area contributed by atoms with Crippen molar-refractivity contribution in [2.45, 2.75) is 33.3 Å². The first-order valence-corrected chi connectivity index (χ1v) is 6.27. The van der Waals surface area contributed by atoms with Crippen LogP contribution in [0.15, 0.2) is 18.2 Å². The molecule has 1 N–H and O–H groups in total. The maximum Gasteiger partial charge on any atom is 0.269 e. The number of nitrogens with zero attached hydrogens (tertiary/aromatic N) is 2. The van der Waals surface area contributed by atoms with Crippen molar-refractivity contribution in [3.63, 3.8) is 0 Å². The highest BCUT2D eigenvalue weighted by atomic mass is 16.6. The molecule has 0 aliphatic carbocycles. The van der Waals surface area contributed by atoms with Gasteiger partial charge in [-0.05, 0) is 18.9 Å². The van der Waals surface area contributed by atoms with Gasteiger partial charge in [0.1, 0.15) is 0 Å². The van der Waals surface area contributed by atoms with E-state index in [1.807, 2.05) is 0 Å². The maximum atomic E-state index is 10.7. The van der Waals surface area contributed by atoms with E-state index in [2.05, 4.69) is 18.7 Å². The minimum Gasteiger partial charge on any atom is -0.392 e. The van der Waals surface area contributed by atoms with Gasteiger partial charge in [0.25, 0.3) is 5.69 Å². The summed E-state index contributed by atoms with van der Waals surface area (Å²) < 4.78 is 0. The molecule has 0 heterocycles. The molecule has 0 amide bonds. The van der Waals surface area contributed by atoms with E-state index < -0.39 is 4.92 Å². The normalized spacial score (nSPS) is 10.4. The fourth-order valence-corrected chi connectivity index (χ4v) is 2.01. The molecule has 0 saturated heterocycles. The van der Waals surface area contributed by atoms with Crippen LogP contribution >= 0.6 is 0 Å². The molecule has 1 aromatic rings. The van der Waals surface area contributed by atoms with E-state index in [1.54, 1.807) is 6.07 Å². The van der Waals surface area contributed by atoms with Crippen LogP contribution in [0.25, 0.3) is 0 Å². The molecule has 0 aromatic heterocycles. The Morgan fingerprint density at radius 2 is 1.89 bits per heavy atom. The summed E-state index contributed by atoms with van der Waals surface area (Å²) in [7, 11) is 0. The zero-order valence-corrected chi connectivity index (χ0v) is 10.9. The van der Waals surface area contributed by atoms with Crippen LogP contribution < -0.4 is 4.90 Å². The molecule has 0 radical (unpaired) electrons. The van der Waals surface area contributed by atoms with Gasteiger partial charge in [-0.1, -0.05) is 13.8 Å². The van der Waals surface area contributed by atoms with Crippen LogP contribution in [0.2, 0.25) is 0 Å². The van der Waals surface area contributed by atoms with E-state index in [0.29, 0.717) is 5.56 Å². The van der Waals surface area contributed by atoms with Gasteiger partial charge in [0.05, 0.1) is 11.5 Å². The highest BCUT2D eigenvalue weighted by Gasteiger charge is 2.14. The van der Waals surface area contributed by atoms with E-state index >= 15 is 0 Å². The zero-order chi connectivity index (χ0) is 13.5. The standard InChI is InChI=1S/C13H20N2O3/c1-3-7-14(8-4-2)13-6-5-12(15(17)18)9-11(13)10-16/h5-6,9,16H,3-4,7-8,10H2,1-2H3. The van der Waals surface area contributed by atoms with Crippen LogP contribution in [0.5, 0.6) is 0 Å². The van der Waals surface area contributed by atoms with E-state index in [9.17, 15) is 15.2 Å². The van der Waals surface area contributed by atoms with Crippen molar-refractivity contribution in [1.82, 2.24) is 0 Å². The van der Waals surface area contributed by atoms with Gasteiger partial charge in [-0.2, -0.15) is 0 Å². The van der Waals surface area contributed by atoms with Crippen molar-refractivity contribution in [1.29, 1.82) is 0 Å². The van der Waals surface area contributed by atoms with Gasteiger partial charge in [-0.3, -0.25) is 10.1 Å². The van der Waals surface area contributed by atoms with Crippen LogP contribution in [0.4, 0.5) is 11.4 Å². The first-order valence-electron chi connectivity index (χ1n) is 6.27. The molecule has 18 heavy (non-hydrogen) atoms. The summed E-state index contributed by atoms with van der Waals surface area (Å²) in [6, 6.07) is 4.68. The number of benzene rings is 1. The lowest BCUT2D eigenvalue weighted by Crippen LogP contribution is -2.26. The monoisotopic (exact) mass is 252 g/mol. The SMILES string of the molecule is CCCN(CCC)c1ccc([N+](=O)[O-])cc1CO. The summed E-state index contributed by atoms with van der Waals surface area (Å²) in [6.45, 7) is 5.78. The van der Waals surface area contributed by atoms with Gasteiger partial charge in [0, 0.05) is 36.5 Å². The Morgan fingerprint density at radius 1 is 1.28 bits per heavy atom. The average Bonchev–Trinajstić information content (AvgIpc) is 2.37. The molecule has 0 unspecified atom stereocenters. The highest BCUT2D eigenvalue weighted by molar-refractivity contribution is 5.57. The number of hydrogen-bond acceptors (Lipinski definition) is 4. The Hall–Kier alpha value is -1.62. The number of non-ortho nitro benzene ring substituents is 1. The number of rotatable bonds is 7. The summed E-state index contributed by atoms with van der Waals surface area (Å²) in [5.41, 5.74) is 1.54. The molecule has 1 rings (SSSR count). The van der Waals surface area contributed by atoms with Gasteiger partial charge < -0.3 is 10.0 Å². The Balaban J connectivity index is 3.09. The Kier molecular flexibility index (Phi) is 5.58. The number of nitro groups is 1. The van der Waals surface area contributed by atoms with Crippen molar-refractivity contribution < 1.29 is 10.0 Å². The second-order valence-corrected chi connectivity index (χ2v) is 4.22. The number of anilines is 1. The Bertz CT molecular complexity index is 401. The van der Waals surface area contributed by atoms with Crippen molar-refractivity contribution >= 4 is 11.4 Å². The lowest BCUT2D eigenvalue weighted by atomic mass is 10.1. The molecular formula is C13H20N2O3. The topological polar surface area (TPSA) is 66.6 Å². The van der Waals surface area contributed by atoms with E-state index in [4.69, 9.17) is 0 Å². The Labute approximate surface area is 107 Å². The van der Waals surface area contributed by atoms with Crippen LogP contribution in [-0.4, -0.2) is 23.1 Å². The van der Waals surface area contributed by atoms with Gasteiger partial charge >= 0.3 is 0 Å². The van der Waals surface area contributed by atoms with Crippen molar-refractivity contribution in [3.05, 3.63) is 33.9 Å². The molecule has 0 bridgehead atoms. The quantitative estimate of drug-likeness (QED) is 0.598. The molecular weight excluding hydrogens is 232 g/mol.